The van der Waals surface area contributed by atoms with Gasteiger partial charge < -0.3 is 29.9 Å². The van der Waals surface area contributed by atoms with Crippen molar-refractivity contribution in [2.45, 2.75) is 52.4 Å². The first-order valence-corrected chi connectivity index (χ1v) is 17.2. The number of non-ortho nitro benzene ring substituents is 2. The van der Waals surface area contributed by atoms with Crippen LogP contribution in [0.2, 0.25) is 0 Å². The average Bonchev–Trinajstić information content (AvgIpc) is 3.85. The maximum atomic E-state index is 11.9. The number of nitrogens with zero attached hydrogens (tertiary/aromatic N) is 10. The molecule has 0 aliphatic carbocycles. The molecule has 5 heterocycles. The summed E-state index contributed by atoms with van der Waals surface area (Å²) in [7, 11) is 0. The predicted molar refractivity (Wildman–Crippen MR) is 205 cm³/mol. The Morgan fingerprint density at radius 3 is 1.15 bits per heavy atom. The van der Waals surface area contributed by atoms with E-state index in [0.29, 0.717) is 66.4 Å². The van der Waals surface area contributed by atoms with Crippen LogP contribution in [-0.4, -0.2) is 39.8 Å². The summed E-state index contributed by atoms with van der Waals surface area (Å²) >= 11 is 0. The number of fused-ring (bicyclic) bond motifs is 20. The third kappa shape index (κ3) is 5.88. The van der Waals surface area contributed by atoms with Crippen molar-refractivity contribution in [3.8, 4) is 45.6 Å². The Kier molecular flexibility index (Phi) is 7.96. The zero-order valence-corrected chi connectivity index (χ0v) is 31.3. The van der Waals surface area contributed by atoms with E-state index in [0.717, 1.165) is 11.1 Å². The molecule has 8 bridgehead atoms. The summed E-state index contributed by atoms with van der Waals surface area (Å²) < 4.78 is 0. The zero-order valence-electron chi connectivity index (χ0n) is 30.3. The van der Waals surface area contributed by atoms with Crippen molar-refractivity contribution in [2.24, 2.45) is 0 Å². The molecule has 7 aromatic rings. The second-order valence-electron chi connectivity index (χ2n) is 15.5. The fraction of sp³-hybridized carbons (Fsp3) is 0.200. The fourth-order valence-corrected chi connectivity index (χ4v) is 6.80. The molecule has 9 rings (SSSR count). The van der Waals surface area contributed by atoms with Gasteiger partial charge in [-0.05, 0) is 67.8 Å². The molecule has 0 unspecified atom stereocenters. The molecule has 0 fully saturated rings. The first-order chi connectivity index (χ1) is 25.6. The Hall–Kier alpha value is -6.44. The second kappa shape index (κ2) is 12.3. The Bertz CT molecular complexity index is 2990. The Balaban J connectivity index is 0.00000427. The summed E-state index contributed by atoms with van der Waals surface area (Å²) in [5, 5.41) is 26.6. The van der Waals surface area contributed by atoms with Crippen molar-refractivity contribution >= 4 is 55.5 Å². The van der Waals surface area contributed by atoms with Gasteiger partial charge >= 0.3 is 17.1 Å². The topological polar surface area (TPSA) is 192 Å². The Morgan fingerprint density at radius 2 is 0.800 bits per heavy atom. The maximum absolute atomic E-state index is 11.9. The number of hydrogen-bond donors (Lipinski definition) is 0. The van der Waals surface area contributed by atoms with Gasteiger partial charge in [-0.15, -0.1) is 0 Å². The molecule has 2 aliphatic rings. The molecule has 15 heteroatoms. The number of nitro benzene ring substituents is 2. The van der Waals surface area contributed by atoms with Gasteiger partial charge in [0.1, 0.15) is 0 Å². The maximum Gasteiger partial charge on any atom is 2.00 e. The Morgan fingerprint density at radius 1 is 0.455 bits per heavy atom. The van der Waals surface area contributed by atoms with Crippen molar-refractivity contribution in [3.05, 3.63) is 104 Å². The zero-order chi connectivity index (χ0) is 37.8. The van der Waals surface area contributed by atoms with E-state index in [4.69, 9.17) is 39.9 Å². The summed E-state index contributed by atoms with van der Waals surface area (Å²) in [4.78, 5) is 62.1. The summed E-state index contributed by atoms with van der Waals surface area (Å²) in [6, 6.07) is 20.9. The average molecular weight is 778 g/mol. The van der Waals surface area contributed by atoms with E-state index in [1.165, 1.54) is 24.3 Å². The first-order valence-electron chi connectivity index (χ1n) is 17.2. The molecule has 275 valence electrons. The molecule has 4 aromatic carbocycles. The van der Waals surface area contributed by atoms with Crippen LogP contribution in [0.15, 0.2) is 72.8 Å². The van der Waals surface area contributed by atoms with E-state index in [9.17, 15) is 20.2 Å². The smallest absolute Gasteiger partial charge is 0.357 e. The monoisotopic (exact) mass is 777 g/mol. The largest absolute Gasteiger partial charge is 2.00 e. The standard InChI is InChI=1S/C40H30N10O4.Cu/c1-39(2,3)19-8-12-24-27(15-19)35-43-32(24)45-37-29-17-21(49(51)52)9-13-25(29)33(46-37)41-31-23-11-7-20(40(4,5)6)16-28(23)36(42-31)48-38-30-18-22(50(53)54)10-14-26(30)34(44-35)47-38;/h7-18H,1-6H3;/q-2;+2. The van der Waals surface area contributed by atoms with E-state index < -0.39 is 9.85 Å². The van der Waals surface area contributed by atoms with Crippen LogP contribution in [0.1, 0.15) is 52.7 Å². The molecule has 14 nitrogen and oxygen atoms in total. The van der Waals surface area contributed by atoms with Gasteiger partial charge in [0.25, 0.3) is 11.4 Å². The van der Waals surface area contributed by atoms with Gasteiger partial charge in [0.15, 0.2) is 0 Å². The van der Waals surface area contributed by atoms with Gasteiger partial charge in [-0.3, -0.25) is 20.2 Å². The number of rotatable bonds is 2. The molecule has 0 saturated heterocycles. The number of nitro groups is 2. The second-order valence-corrected chi connectivity index (χ2v) is 15.5. The molecule has 0 amide bonds. The SMILES string of the molecule is CC(C)(C)c1ccc2c3nc4nc(nc5[n-]c(nc6nc(nc([n-]3)c2c1)-c1ccc([N+](=O)[O-])cc1-6)c1cc(C(C)(C)C)ccc51)-c1ccc([N+](=O)[O-])cc1-4.[Cu+2]. The van der Waals surface area contributed by atoms with Gasteiger partial charge in [0, 0.05) is 69.1 Å². The van der Waals surface area contributed by atoms with Crippen molar-refractivity contribution in [1.82, 2.24) is 39.9 Å². The van der Waals surface area contributed by atoms with Gasteiger partial charge in [-0.1, -0.05) is 65.8 Å². The first kappa shape index (κ1) is 35.6. The number of aromatic nitrogens is 8. The van der Waals surface area contributed by atoms with E-state index >= 15 is 0 Å². The van der Waals surface area contributed by atoms with Gasteiger partial charge in [0.05, 0.1) is 33.1 Å². The Labute approximate surface area is 323 Å². The van der Waals surface area contributed by atoms with Gasteiger partial charge in [0.2, 0.25) is 0 Å². The van der Waals surface area contributed by atoms with Gasteiger partial charge in [-0.2, -0.15) is 0 Å². The molecule has 0 N–H and O–H groups in total. The predicted octanol–water partition coefficient (Wildman–Crippen LogP) is 8.54. The number of benzene rings is 4. The molecule has 0 saturated carbocycles. The molecule has 3 aromatic heterocycles. The quantitative estimate of drug-likeness (QED) is 0.0924. The van der Waals surface area contributed by atoms with E-state index in [2.05, 4.69) is 41.5 Å². The molecule has 0 spiro atoms. The molecule has 55 heavy (non-hydrogen) atoms. The third-order valence-electron chi connectivity index (χ3n) is 9.82. The summed E-state index contributed by atoms with van der Waals surface area (Å²) in [5.74, 6) is 0.938. The van der Waals surface area contributed by atoms with E-state index in [1.54, 1.807) is 12.1 Å². The molecular weight excluding hydrogens is 748 g/mol. The molecule has 1 radical (unpaired) electrons. The van der Waals surface area contributed by atoms with Gasteiger partial charge in [-0.25, -0.2) is 9.97 Å². The van der Waals surface area contributed by atoms with Crippen LogP contribution < -0.4 is 9.97 Å². The minimum Gasteiger partial charge on any atom is -0.357 e. The third-order valence-corrected chi connectivity index (χ3v) is 9.82. The minimum absolute atomic E-state index is 0. The summed E-state index contributed by atoms with van der Waals surface area (Å²) in [6.45, 7) is 12.6. The van der Waals surface area contributed by atoms with Crippen LogP contribution >= 0.6 is 0 Å². The van der Waals surface area contributed by atoms with Crippen molar-refractivity contribution in [2.75, 3.05) is 0 Å². The molecular formula is C40H30CuN10O4. The van der Waals surface area contributed by atoms with Crippen LogP contribution in [0.3, 0.4) is 0 Å². The van der Waals surface area contributed by atoms with Crippen molar-refractivity contribution < 1.29 is 26.9 Å². The van der Waals surface area contributed by atoms with E-state index in [-0.39, 0.29) is 62.6 Å². The number of hydrogen-bond acceptors (Lipinski definition) is 10. The van der Waals surface area contributed by atoms with Crippen molar-refractivity contribution in [3.63, 3.8) is 0 Å². The molecule has 0 atom stereocenters. The van der Waals surface area contributed by atoms with E-state index in [1.807, 2.05) is 36.4 Å². The van der Waals surface area contributed by atoms with Crippen molar-refractivity contribution in [1.29, 1.82) is 0 Å². The van der Waals surface area contributed by atoms with Crippen LogP contribution in [0.5, 0.6) is 0 Å². The summed E-state index contributed by atoms with van der Waals surface area (Å²) in [5.41, 5.74) is 4.63. The van der Waals surface area contributed by atoms with Crippen LogP contribution in [0, 0.1) is 20.2 Å². The minimum atomic E-state index is -0.462. The van der Waals surface area contributed by atoms with Crippen LogP contribution in [-0.2, 0) is 27.9 Å². The fourth-order valence-electron chi connectivity index (χ4n) is 6.80. The normalized spacial score (nSPS) is 12.3. The van der Waals surface area contributed by atoms with Crippen LogP contribution in [0.4, 0.5) is 11.4 Å². The van der Waals surface area contributed by atoms with Crippen LogP contribution in [0.25, 0.3) is 89.7 Å². The molecule has 2 aliphatic heterocycles. The summed E-state index contributed by atoms with van der Waals surface area (Å²) in [6.07, 6.45) is 0.